The number of para-hydroxylation sites is 2. The van der Waals surface area contributed by atoms with Crippen LogP contribution in [-0.2, 0) is 13.5 Å². The first-order chi connectivity index (χ1) is 18.5. The van der Waals surface area contributed by atoms with Gasteiger partial charge in [-0.15, -0.1) is 0 Å². The highest BCUT2D eigenvalue weighted by atomic mass is 16.4. The molecule has 2 aromatic heterocycles. The molecule has 0 unspecified atom stereocenters. The average Bonchev–Trinajstić information content (AvgIpc) is 3.45. The van der Waals surface area contributed by atoms with Gasteiger partial charge in [-0.3, -0.25) is 4.57 Å². The molecule has 0 saturated carbocycles. The second-order valence-electron chi connectivity index (χ2n) is 9.60. The summed E-state index contributed by atoms with van der Waals surface area (Å²) < 4.78 is 4.22. The van der Waals surface area contributed by atoms with E-state index >= 15 is 0 Å². The first kappa shape index (κ1) is 23.7. The van der Waals surface area contributed by atoms with Crippen LogP contribution >= 0.6 is 0 Å². The normalized spacial score (nSPS) is 11.4. The van der Waals surface area contributed by atoms with Gasteiger partial charge in [0, 0.05) is 19.0 Å². The lowest BCUT2D eigenvalue weighted by Gasteiger charge is -2.17. The van der Waals surface area contributed by atoms with E-state index in [9.17, 15) is 9.90 Å². The highest BCUT2D eigenvalue weighted by molar-refractivity contribution is 5.99. The van der Waals surface area contributed by atoms with Crippen LogP contribution in [0.5, 0.6) is 0 Å². The number of aryl methyl sites for hydroxylation is 2. The predicted octanol–water partition coefficient (Wildman–Crippen LogP) is 7.21. The van der Waals surface area contributed by atoms with E-state index in [-0.39, 0.29) is 0 Å². The van der Waals surface area contributed by atoms with Crippen molar-refractivity contribution in [1.82, 2.24) is 19.1 Å². The lowest BCUT2D eigenvalue weighted by Crippen LogP contribution is -2.09. The average molecular weight is 501 g/mol. The number of aromatic carboxylic acids is 1. The lowest BCUT2D eigenvalue weighted by molar-refractivity contribution is 0.0697. The Balaban J connectivity index is 1.55. The summed E-state index contributed by atoms with van der Waals surface area (Å²) in [6, 6.07) is 27.9. The monoisotopic (exact) mass is 500 g/mol. The number of aromatic nitrogens is 4. The van der Waals surface area contributed by atoms with Crippen molar-refractivity contribution in [2.45, 2.75) is 26.7 Å². The molecule has 0 radical (unpaired) electrons. The minimum atomic E-state index is -0.936. The summed E-state index contributed by atoms with van der Waals surface area (Å²) in [5, 5.41) is 10.2. The molecule has 6 heteroatoms. The number of benzene rings is 4. The van der Waals surface area contributed by atoms with Gasteiger partial charge in [-0.1, -0.05) is 55.5 Å². The molecule has 188 valence electrons. The smallest absolute Gasteiger partial charge is 0.336 e. The SMILES string of the molecule is CCCc1nc2cc(-c3nc4ccccc4n3C)ccc2n1-c1ccc(-c2ccccc2)c(C(=O)O)c1C. The maximum absolute atomic E-state index is 12.5. The van der Waals surface area contributed by atoms with Gasteiger partial charge in [0.05, 0.1) is 33.3 Å². The minimum absolute atomic E-state index is 0.314. The van der Waals surface area contributed by atoms with Gasteiger partial charge in [-0.2, -0.15) is 0 Å². The second kappa shape index (κ2) is 9.30. The van der Waals surface area contributed by atoms with E-state index in [0.717, 1.165) is 68.9 Å². The molecule has 0 aliphatic heterocycles. The maximum atomic E-state index is 12.5. The van der Waals surface area contributed by atoms with Crippen molar-refractivity contribution < 1.29 is 9.90 Å². The Kier molecular flexibility index (Phi) is 5.80. The molecule has 0 aliphatic carbocycles. The van der Waals surface area contributed by atoms with Crippen molar-refractivity contribution in [3.63, 3.8) is 0 Å². The van der Waals surface area contributed by atoms with Crippen LogP contribution in [-0.4, -0.2) is 30.2 Å². The van der Waals surface area contributed by atoms with Crippen LogP contribution in [0.2, 0.25) is 0 Å². The number of hydrogen-bond acceptors (Lipinski definition) is 3. The van der Waals surface area contributed by atoms with Crippen molar-refractivity contribution in [3.8, 4) is 28.2 Å². The Labute approximate surface area is 220 Å². The van der Waals surface area contributed by atoms with Gasteiger partial charge >= 0.3 is 5.97 Å². The molecule has 2 heterocycles. The molecule has 38 heavy (non-hydrogen) atoms. The fourth-order valence-electron chi connectivity index (χ4n) is 5.41. The van der Waals surface area contributed by atoms with Crippen LogP contribution in [0.25, 0.3) is 50.3 Å². The van der Waals surface area contributed by atoms with Gasteiger partial charge < -0.3 is 9.67 Å². The summed E-state index contributed by atoms with van der Waals surface area (Å²) in [7, 11) is 2.03. The van der Waals surface area contributed by atoms with Crippen LogP contribution in [0.15, 0.2) is 84.9 Å². The quantitative estimate of drug-likeness (QED) is 0.262. The predicted molar refractivity (Wildman–Crippen MR) is 152 cm³/mol. The highest BCUT2D eigenvalue weighted by Crippen LogP contribution is 2.34. The van der Waals surface area contributed by atoms with Gasteiger partial charge in [-0.25, -0.2) is 14.8 Å². The number of rotatable bonds is 6. The molecule has 6 nitrogen and oxygen atoms in total. The zero-order valence-corrected chi connectivity index (χ0v) is 21.6. The van der Waals surface area contributed by atoms with Crippen LogP contribution in [0, 0.1) is 6.92 Å². The van der Waals surface area contributed by atoms with Crippen molar-refractivity contribution in [2.75, 3.05) is 0 Å². The largest absolute Gasteiger partial charge is 0.478 e. The number of imidazole rings is 2. The molecular weight excluding hydrogens is 472 g/mol. The number of nitrogens with zero attached hydrogens (tertiary/aromatic N) is 4. The van der Waals surface area contributed by atoms with E-state index in [4.69, 9.17) is 9.97 Å². The number of carboxylic acids is 1. The summed E-state index contributed by atoms with van der Waals surface area (Å²) in [6.07, 6.45) is 1.70. The molecule has 0 spiro atoms. The van der Waals surface area contributed by atoms with Crippen LogP contribution < -0.4 is 0 Å². The second-order valence-corrected chi connectivity index (χ2v) is 9.60. The molecule has 6 rings (SSSR count). The van der Waals surface area contributed by atoms with Gasteiger partial charge in [0.15, 0.2) is 0 Å². The van der Waals surface area contributed by atoms with E-state index in [0.29, 0.717) is 11.1 Å². The third kappa shape index (κ3) is 3.77. The molecule has 4 aromatic carbocycles. The van der Waals surface area contributed by atoms with E-state index < -0.39 is 5.97 Å². The zero-order valence-electron chi connectivity index (χ0n) is 21.6. The first-order valence-corrected chi connectivity index (χ1v) is 12.8. The molecule has 0 atom stereocenters. The molecule has 0 fully saturated rings. The third-order valence-electron chi connectivity index (χ3n) is 7.22. The first-order valence-electron chi connectivity index (χ1n) is 12.8. The van der Waals surface area contributed by atoms with E-state index in [1.54, 1.807) is 0 Å². The van der Waals surface area contributed by atoms with Gasteiger partial charge in [0.1, 0.15) is 11.6 Å². The van der Waals surface area contributed by atoms with Crippen molar-refractivity contribution in [1.29, 1.82) is 0 Å². The molecule has 0 amide bonds. The summed E-state index contributed by atoms with van der Waals surface area (Å²) >= 11 is 0. The van der Waals surface area contributed by atoms with Gasteiger partial charge in [0.25, 0.3) is 0 Å². The zero-order chi connectivity index (χ0) is 26.4. The Morgan fingerprint density at radius 3 is 2.34 bits per heavy atom. The van der Waals surface area contributed by atoms with Crippen LogP contribution in [0.4, 0.5) is 0 Å². The summed E-state index contributed by atoms with van der Waals surface area (Å²) in [6.45, 7) is 4.02. The highest BCUT2D eigenvalue weighted by Gasteiger charge is 2.22. The summed E-state index contributed by atoms with van der Waals surface area (Å²) in [5.41, 5.74) is 8.30. The van der Waals surface area contributed by atoms with Crippen molar-refractivity contribution >= 4 is 28.0 Å². The number of carbonyl (C=O) groups is 1. The Morgan fingerprint density at radius 2 is 1.61 bits per heavy atom. The minimum Gasteiger partial charge on any atom is -0.478 e. The molecular formula is C32H28N4O2. The van der Waals surface area contributed by atoms with Gasteiger partial charge in [-0.05, 0) is 66.4 Å². The lowest BCUT2D eigenvalue weighted by atomic mass is 9.94. The summed E-state index contributed by atoms with van der Waals surface area (Å²) in [4.78, 5) is 22.4. The topological polar surface area (TPSA) is 72.9 Å². The van der Waals surface area contributed by atoms with E-state index in [2.05, 4.69) is 40.3 Å². The number of carboxylic acid groups (broad SMARTS) is 1. The molecule has 1 N–H and O–H groups in total. The fourth-order valence-corrected chi connectivity index (χ4v) is 5.41. The van der Waals surface area contributed by atoms with E-state index in [1.165, 1.54) is 0 Å². The van der Waals surface area contributed by atoms with Crippen molar-refractivity contribution in [3.05, 3.63) is 102 Å². The summed E-state index contributed by atoms with van der Waals surface area (Å²) in [5.74, 6) is 0.863. The molecule has 6 aromatic rings. The standard InChI is InChI=1S/C32H28N4O2/c1-4-10-29-33-25-19-22(31-34-24-13-8-9-14-27(24)35(31)3)15-17-28(25)36(29)26-18-16-23(21-11-6-5-7-12-21)30(20(26)2)32(37)38/h5-9,11-19H,4,10H2,1-3H3,(H,37,38). The maximum Gasteiger partial charge on any atom is 0.336 e. The Hall–Kier alpha value is -4.71. The number of fused-ring (bicyclic) bond motifs is 2. The van der Waals surface area contributed by atoms with Crippen LogP contribution in [0.1, 0.15) is 35.1 Å². The van der Waals surface area contributed by atoms with Gasteiger partial charge in [0.2, 0.25) is 0 Å². The van der Waals surface area contributed by atoms with Crippen LogP contribution in [0.3, 0.4) is 0 Å². The molecule has 0 aliphatic rings. The molecule has 0 saturated heterocycles. The number of hydrogen-bond donors (Lipinski definition) is 1. The van der Waals surface area contributed by atoms with E-state index in [1.807, 2.05) is 74.6 Å². The third-order valence-corrected chi connectivity index (χ3v) is 7.22. The Bertz CT molecular complexity index is 1830. The Morgan fingerprint density at radius 1 is 0.842 bits per heavy atom. The van der Waals surface area contributed by atoms with Crippen molar-refractivity contribution in [2.24, 2.45) is 7.05 Å². The fraction of sp³-hybridized carbons (Fsp3) is 0.156. The molecule has 0 bridgehead atoms.